The van der Waals surface area contributed by atoms with Gasteiger partial charge in [-0.25, -0.2) is 0 Å². The zero-order chi connectivity index (χ0) is 26.1. The highest BCUT2D eigenvalue weighted by atomic mass is 19.4. The van der Waals surface area contributed by atoms with Crippen LogP contribution in [0.2, 0.25) is 0 Å². The van der Waals surface area contributed by atoms with Crippen molar-refractivity contribution < 1.29 is 50.8 Å². The number of allylic oxidation sites excluding steroid dienone is 4. The second kappa shape index (κ2) is 9.55. The van der Waals surface area contributed by atoms with E-state index < -0.39 is 75.9 Å². The third-order valence-electron chi connectivity index (χ3n) is 5.51. The van der Waals surface area contributed by atoms with E-state index in [-0.39, 0.29) is 17.9 Å². The summed E-state index contributed by atoms with van der Waals surface area (Å²) in [6.45, 7) is 0. The molecule has 0 amide bonds. The summed E-state index contributed by atoms with van der Waals surface area (Å²) < 4.78 is 94.5. The van der Waals surface area contributed by atoms with Gasteiger partial charge in [-0.15, -0.1) is 0 Å². The summed E-state index contributed by atoms with van der Waals surface area (Å²) in [4.78, 5) is 13.2. The molecule has 5 nitrogen and oxygen atoms in total. The van der Waals surface area contributed by atoms with Crippen LogP contribution in [0, 0.1) is 0 Å². The molecule has 0 saturated heterocycles. The summed E-state index contributed by atoms with van der Waals surface area (Å²) in [6.07, 6.45) is -11.1. The molecule has 11 heteroatoms. The van der Waals surface area contributed by atoms with Gasteiger partial charge in [0.1, 0.15) is 0 Å². The lowest BCUT2D eigenvalue weighted by molar-refractivity contribution is -0.114. The Balaban J connectivity index is 2.30. The highest BCUT2D eigenvalue weighted by molar-refractivity contribution is 6.17. The molecule has 1 fully saturated rings. The Hall–Kier alpha value is -3.63. The van der Waals surface area contributed by atoms with Crippen LogP contribution in [0.15, 0.2) is 47.5 Å². The normalized spacial score (nSPS) is 17.8. The Morgan fingerprint density at radius 3 is 1.43 bits per heavy atom. The fourth-order valence-electron chi connectivity index (χ4n) is 4.01. The van der Waals surface area contributed by atoms with E-state index in [1.165, 1.54) is 0 Å². The van der Waals surface area contributed by atoms with Gasteiger partial charge in [-0.1, -0.05) is 12.1 Å². The molecular weight excluding hydrogens is 482 g/mol. The van der Waals surface area contributed by atoms with Gasteiger partial charge in [0.05, 0.1) is 25.4 Å². The predicted octanol–water partition coefficient (Wildman–Crippen LogP) is 6.20. The first-order valence-electron chi connectivity index (χ1n) is 10.2. The third-order valence-corrected chi connectivity index (χ3v) is 5.51. The molecule has 0 unspecified atom stereocenters. The number of hydrogen-bond acceptors (Lipinski definition) is 5. The maximum Gasteiger partial charge on any atom is 0.417 e. The van der Waals surface area contributed by atoms with Gasteiger partial charge in [-0.2, -0.15) is 26.3 Å². The van der Waals surface area contributed by atoms with Gasteiger partial charge in [0.25, 0.3) is 0 Å². The number of carbonyl (C=O) groups is 1. The molecule has 0 atom stereocenters. The average Bonchev–Trinajstić information content (AvgIpc) is 2.76. The molecule has 2 aromatic rings. The quantitative estimate of drug-likeness (QED) is 0.385. The number of ketones is 1. The van der Waals surface area contributed by atoms with Gasteiger partial charge in [0.15, 0.2) is 28.8 Å². The number of hydrogen-bond donors (Lipinski definition) is 2. The molecule has 3 rings (SSSR count). The van der Waals surface area contributed by atoms with Gasteiger partial charge in [0.2, 0.25) is 0 Å². The number of Topliss-reactive ketones (excluding diaryl/α,β-unsaturated/α-hetero) is 1. The Labute approximate surface area is 195 Å². The van der Waals surface area contributed by atoms with E-state index in [0.717, 1.165) is 50.6 Å². The molecule has 188 valence electrons. The second-order valence-corrected chi connectivity index (χ2v) is 7.66. The number of ether oxygens (including phenoxy) is 2. The maximum atomic E-state index is 14.1. The molecule has 0 aliphatic heterocycles. The standard InChI is InChI=1S/C24H20F6O5/c1-34-18-10-12(6-8-16(18)31)20(23(25,26)27)14-4-3-5-15(22(14)33)21(24(28,29)30)13-7-9-17(32)19(11-13)35-2/h6-11,31-32H,3-5H2,1-2H3/b20-14-,21-15-. The summed E-state index contributed by atoms with van der Waals surface area (Å²) in [5.41, 5.74) is -5.50. The Morgan fingerprint density at radius 1 is 0.743 bits per heavy atom. The summed E-state index contributed by atoms with van der Waals surface area (Å²) in [6, 6.07) is 5.43. The number of rotatable bonds is 4. The van der Waals surface area contributed by atoms with Crippen molar-refractivity contribution in [3.8, 4) is 23.0 Å². The van der Waals surface area contributed by atoms with Crippen molar-refractivity contribution in [1.29, 1.82) is 0 Å². The Kier molecular flexibility index (Phi) is 7.09. The lowest BCUT2D eigenvalue weighted by Crippen LogP contribution is -2.24. The molecule has 0 heterocycles. The van der Waals surface area contributed by atoms with E-state index >= 15 is 0 Å². The number of phenolic OH excluding ortho intramolecular Hbond substituents is 2. The van der Waals surface area contributed by atoms with Crippen LogP contribution in [0.5, 0.6) is 23.0 Å². The minimum absolute atomic E-state index is 0.139. The van der Waals surface area contributed by atoms with Gasteiger partial charge in [-0.05, 0) is 54.7 Å². The molecule has 0 radical (unpaired) electrons. The molecule has 0 aromatic heterocycles. The maximum absolute atomic E-state index is 14.1. The highest BCUT2D eigenvalue weighted by Crippen LogP contribution is 2.47. The molecular formula is C24H20F6O5. The van der Waals surface area contributed by atoms with Crippen molar-refractivity contribution in [2.75, 3.05) is 14.2 Å². The van der Waals surface area contributed by atoms with Crippen LogP contribution in [0.25, 0.3) is 11.1 Å². The number of alkyl halides is 6. The Bertz CT molecular complexity index is 1120. The van der Waals surface area contributed by atoms with Gasteiger partial charge >= 0.3 is 12.4 Å². The summed E-state index contributed by atoms with van der Waals surface area (Å²) >= 11 is 0. The van der Waals surface area contributed by atoms with E-state index in [1.807, 2.05) is 0 Å². The van der Waals surface area contributed by atoms with E-state index in [4.69, 9.17) is 9.47 Å². The molecule has 2 aromatic carbocycles. The van der Waals surface area contributed by atoms with Crippen LogP contribution in [0.1, 0.15) is 30.4 Å². The van der Waals surface area contributed by atoms with E-state index in [9.17, 15) is 41.4 Å². The van der Waals surface area contributed by atoms with Crippen molar-refractivity contribution >= 4 is 16.9 Å². The number of benzene rings is 2. The zero-order valence-electron chi connectivity index (χ0n) is 18.5. The minimum Gasteiger partial charge on any atom is -0.504 e. The number of aromatic hydroxyl groups is 2. The number of halogens is 6. The van der Waals surface area contributed by atoms with Crippen molar-refractivity contribution in [1.82, 2.24) is 0 Å². The van der Waals surface area contributed by atoms with Crippen LogP contribution >= 0.6 is 0 Å². The summed E-state index contributed by atoms with van der Waals surface area (Å²) in [5.74, 6) is -2.86. The average molecular weight is 502 g/mol. The van der Waals surface area contributed by atoms with Crippen LogP contribution in [-0.2, 0) is 4.79 Å². The first kappa shape index (κ1) is 26.0. The third kappa shape index (κ3) is 5.23. The van der Waals surface area contributed by atoms with E-state index in [1.54, 1.807) is 0 Å². The zero-order valence-corrected chi connectivity index (χ0v) is 18.5. The molecule has 1 aliphatic rings. The first-order chi connectivity index (χ1) is 16.3. The van der Waals surface area contributed by atoms with Crippen LogP contribution < -0.4 is 9.47 Å². The number of methoxy groups -OCH3 is 2. The molecule has 1 saturated carbocycles. The molecule has 0 bridgehead atoms. The van der Waals surface area contributed by atoms with Crippen LogP contribution in [-0.4, -0.2) is 42.6 Å². The fraction of sp³-hybridized carbons (Fsp3) is 0.292. The number of phenols is 2. The van der Waals surface area contributed by atoms with Crippen LogP contribution in [0.4, 0.5) is 26.3 Å². The fourth-order valence-corrected chi connectivity index (χ4v) is 4.01. The van der Waals surface area contributed by atoms with Gasteiger partial charge < -0.3 is 19.7 Å². The van der Waals surface area contributed by atoms with E-state index in [0.29, 0.717) is 0 Å². The van der Waals surface area contributed by atoms with Crippen molar-refractivity contribution in [2.24, 2.45) is 0 Å². The topological polar surface area (TPSA) is 76.0 Å². The molecule has 2 N–H and O–H groups in total. The van der Waals surface area contributed by atoms with E-state index in [2.05, 4.69) is 0 Å². The number of carbonyl (C=O) groups excluding carboxylic acids is 1. The molecule has 0 spiro atoms. The largest absolute Gasteiger partial charge is 0.504 e. The highest BCUT2D eigenvalue weighted by Gasteiger charge is 2.44. The lowest BCUT2D eigenvalue weighted by Gasteiger charge is -2.26. The van der Waals surface area contributed by atoms with Crippen molar-refractivity contribution in [3.63, 3.8) is 0 Å². The van der Waals surface area contributed by atoms with Crippen LogP contribution in [0.3, 0.4) is 0 Å². The molecule has 35 heavy (non-hydrogen) atoms. The van der Waals surface area contributed by atoms with Gasteiger partial charge in [0, 0.05) is 11.1 Å². The summed E-state index contributed by atoms with van der Waals surface area (Å²) in [7, 11) is 2.24. The molecule has 1 aliphatic carbocycles. The SMILES string of the molecule is COc1cc(/C(=C2\CCC/C(=C(\c3ccc(O)c(OC)c3)C(F)(F)F)C2=O)C(F)(F)F)ccc1O. The second-order valence-electron chi connectivity index (χ2n) is 7.66. The van der Waals surface area contributed by atoms with Gasteiger partial charge in [-0.3, -0.25) is 4.79 Å². The predicted molar refractivity (Wildman–Crippen MR) is 114 cm³/mol. The lowest BCUT2D eigenvalue weighted by atomic mass is 9.80. The first-order valence-corrected chi connectivity index (χ1v) is 10.2. The van der Waals surface area contributed by atoms with Crippen molar-refractivity contribution in [3.05, 3.63) is 58.7 Å². The monoisotopic (exact) mass is 502 g/mol. The smallest absolute Gasteiger partial charge is 0.417 e. The summed E-state index contributed by atoms with van der Waals surface area (Å²) in [5, 5.41) is 19.4. The minimum atomic E-state index is -5.09. The van der Waals surface area contributed by atoms with Crippen molar-refractivity contribution in [2.45, 2.75) is 31.6 Å². The Morgan fingerprint density at radius 2 is 1.11 bits per heavy atom.